The summed E-state index contributed by atoms with van der Waals surface area (Å²) in [6.07, 6.45) is 10.7. The lowest BCUT2D eigenvalue weighted by Crippen LogP contribution is -2.58. The summed E-state index contributed by atoms with van der Waals surface area (Å²) in [5.41, 5.74) is -0.515. The van der Waals surface area contributed by atoms with Crippen LogP contribution in [-0.2, 0) is 20.8 Å². The summed E-state index contributed by atoms with van der Waals surface area (Å²) in [7, 11) is 3.06. The highest BCUT2D eigenvalue weighted by atomic mass is 16.5. The highest BCUT2D eigenvalue weighted by molar-refractivity contribution is 5.92. The largest absolute Gasteiger partial charge is 0.493 e. The summed E-state index contributed by atoms with van der Waals surface area (Å²) in [4.78, 5) is 40.8. The molecule has 4 aliphatic carbocycles. The smallest absolute Gasteiger partial charge is 0.329 e. The molecule has 38 heavy (non-hydrogen) atoms. The number of carbonyl (C=O) groups is 3. The molecule has 0 unspecified atom stereocenters. The van der Waals surface area contributed by atoms with E-state index in [0.29, 0.717) is 41.9 Å². The number of carbonyl (C=O) groups excluding carboxylic acids is 2. The SMILES string of the molecule is COc1ccc(C[C@](C)(NC(=O)[C@@H]2CCCN2C(=O)CCC23CC4CC(CC(C4)C2)C3)C(=O)O)cc1OC. The van der Waals surface area contributed by atoms with Crippen LogP contribution in [0.2, 0.25) is 0 Å². The van der Waals surface area contributed by atoms with Crippen molar-refractivity contribution in [1.82, 2.24) is 10.2 Å². The lowest BCUT2D eigenvalue weighted by Gasteiger charge is -2.57. The number of hydrogen-bond donors (Lipinski definition) is 2. The lowest BCUT2D eigenvalue weighted by atomic mass is 9.48. The van der Waals surface area contributed by atoms with E-state index in [-0.39, 0.29) is 12.3 Å². The van der Waals surface area contributed by atoms with Crippen LogP contribution >= 0.6 is 0 Å². The molecule has 1 aromatic carbocycles. The molecule has 0 radical (unpaired) electrons. The van der Waals surface area contributed by atoms with Crippen LogP contribution in [0.3, 0.4) is 0 Å². The van der Waals surface area contributed by atoms with Crippen molar-refractivity contribution in [3.05, 3.63) is 23.8 Å². The molecule has 1 aromatic rings. The van der Waals surface area contributed by atoms with Crippen molar-refractivity contribution in [1.29, 1.82) is 0 Å². The highest BCUT2D eigenvalue weighted by Gasteiger charge is 2.51. The third kappa shape index (κ3) is 5.23. The number of likely N-dealkylation sites (tertiary alicyclic amines) is 1. The molecule has 2 atom stereocenters. The van der Waals surface area contributed by atoms with Crippen molar-refractivity contribution in [2.45, 2.75) is 89.1 Å². The molecule has 1 saturated heterocycles. The molecule has 1 heterocycles. The first-order chi connectivity index (χ1) is 18.1. The number of ether oxygens (including phenoxy) is 2. The summed E-state index contributed by atoms with van der Waals surface area (Å²) in [5.74, 6) is 2.11. The summed E-state index contributed by atoms with van der Waals surface area (Å²) in [6.45, 7) is 2.06. The fourth-order valence-corrected chi connectivity index (χ4v) is 8.38. The van der Waals surface area contributed by atoms with Crippen LogP contribution in [0.4, 0.5) is 0 Å². The van der Waals surface area contributed by atoms with E-state index in [1.54, 1.807) is 23.1 Å². The molecule has 0 aromatic heterocycles. The Labute approximate surface area is 225 Å². The summed E-state index contributed by atoms with van der Waals surface area (Å²) in [5, 5.41) is 12.9. The van der Waals surface area contributed by atoms with Gasteiger partial charge < -0.3 is 24.8 Å². The number of methoxy groups -OCH3 is 2. The Morgan fingerprint density at radius 3 is 2.26 bits per heavy atom. The number of carboxylic acids is 1. The molecule has 8 nitrogen and oxygen atoms in total. The van der Waals surface area contributed by atoms with E-state index in [4.69, 9.17) is 9.47 Å². The Bertz CT molecular complexity index is 1050. The van der Waals surface area contributed by atoms with Gasteiger partial charge in [-0.15, -0.1) is 0 Å². The normalized spacial score (nSPS) is 31.1. The van der Waals surface area contributed by atoms with Gasteiger partial charge in [0.25, 0.3) is 0 Å². The van der Waals surface area contributed by atoms with E-state index in [1.165, 1.54) is 59.7 Å². The van der Waals surface area contributed by atoms with E-state index in [9.17, 15) is 19.5 Å². The minimum absolute atomic E-state index is 0.0373. The molecule has 2 amide bonds. The van der Waals surface area contributed by atoms with Crippen LogP contribution in [0, 0.1) is 23.2 Å². The summed E-state index contributed by atoms with van der Waals surface area (Å²) >= 11 is 0. The van der Waals surface area contributed by atoms with Crippen LogP contribution in [0.1, 0.15) is 76.7 Å². The molecule has 0 spiro atoms. The van der Waals surface area contributed by atoms with E-state index in [1.807, 2.05) is 0 Å². The molecule has 4 bridgehead atoms. The molecule has 4 saturated carbocycles. The van der Waals surface area contributed by atoms with E-state index in [2.05, 4.69) is 5.32 Å². The standard InChI is InChI=1S/C30H42N2O6/c1-29(28(35)36,15-19-6-7-24(37-2)25(14-19)38-3)31-27(34)23-5-4-10-32(23)26(33)8-9-30-16-20-11-21(17-30)13-22(12-20)18-30/h6-7,14,20-23H,4-5,8-13,15-18H2,1-3H3,(H,31,34)(H,35,36)/t20?,21?,22?,23-,29-,30?/m0/s1. The zero-order valence-electron chi connectivity index (χ0n) is 23.0. The van der Waals surface area contributed by atoms with Crippen molar-refractivity contribution in [2.75, 3.05) is 20.8 Å². The predicted molar refractivity (Wildman–Crippen MR) is 142 cm³/mol. The Morgan fingerprint density at radius 2 is 1.68 bits per heavy atom. The minimum Gasteiger partial charge on any atom is -0.493 e. The topological polar surface area (TPSA) is 105 Å². The van der Waals surface area contributed by atoms with Gasteiger partial charge in [-0.05, 0) is 106 Å². The van der Waals surface area contributed by atoms with E-state index in [0.717, 1.165) is 30.6 Å². The van der Waals surface area contributed by atoms with Crippen LogP contribution in [-0.4, -0.2) is 60.1 Å². The zero-order valence-corrected chi connectivity index (χ0v) is 23.0. The third-order valence-electron chi connectivity index (χ3n) is 9.79. The number of rotatable bonds is 10. The number of carboxylic acid groups (broad SMARTS) is 1. The van der Waals surface area contributed by atoms with Crippen molar-refractivity contribution in [2.24, 2.45) is 23.2 Å². The van der Waals surface area contributed by atoms with Gasteiger partial charge in [-0.25, -0.2) is 4.79 Å². The lowest BCUT2D eigenvalue weighted by molar-refractivity contribution is -0.148. The summed E-state index contributed by atoms with van der Waals surface area (Å²) < 4.78 is 10.6. The molecule has 6 rings (SSSR count). The number of nitrogens with one attached hydrogen (secondary N) is 1. The third-order valence-corrected chi connectivity index (χ3v) is 9.79. The van der Waals surface area contributed by atoms with Crippen molar-refractivity contribution in [3.63, 3.8) is 0 Å². The van der Waals surface area contributed by atoms with Gasteiger partial charge in [0, 0.05) is 19.4 Å². The number of hydrogen-bond acceptors (Lipinski definition) is 5. The second-order valence-electron chi connectivity index (χ2n) is 12.7. The molecule has 5 aliphatic rings. The first kappa shape index (κ1) is 26.8. The van der Waals surface area contributed by atoms with E-state index >= 15 is 0 Å². The second kappa shape index (κ2) is 10.4. The molecule has 1 aliphatic heterocycles. The average molecular weight is 527 g/mol. The molecular weight excluding hydrogens is 484 g/mol. The van der Waals surface area contributed by atoms with Crippen LogP contribution in [0.15, 0.2) is 18.2 Å². The van der Waals surface area contributed by atoms with E-state index < -0.39 is 23.5 Å². The Morgan fingerprint density at radius 1 is 1.05 bits per heavy atom. The van der Waals surface area contributed by atoms with Crippen LogP contribution < -0.4 is 14.8 Å². The maximum absolute atomic E-state index is 13.4. The number of nitrogens with zero attached hydrogens (tertiary/aromatic N) is 1. The predicted octanol–water partition coefficient (Wildman–Crippen LogP) is 4.19. The highest BCUT2D eigenvalue weighted by Crippen LogP contribution is 2.61. The zero-order chi connectivity index (χ0) is 27.1. The quantitative estimate of drug-likeness (QED) is 0.474. The van der Waals surface area contributed by atoms with Crippen molar-refractivity contribution in [3.8, 4) is 11.5 Å². The number of amides is 2. The van der Waals surface area contributed by atoms with Gasteiger partial charge in [-0.1, -0.05) is 6.07 Å². The van der Waals surface area contributed by atoms with Gasteiger partial charge in [0.05, 0.1) is 14.2 Å². The maximum Gasteiger partial charge on any atom is 0.329 e. The fourth-order valence-electron chi connectivity index (χ4n) is 8.38. The Kier molecular flexibility index (Phi) is 7.35. The first-order valence-electron chi connectivity index (χ1n) is 14.2. The Balaban J connectivity index is 1.22. The molecule has 5 fully saturated rings. The van der Waals surface area contributed by atoms with Gasteiger partial charge in [0.15, 0.2) is 11.5 Å². The molecule has 2 N–H and O–H groups in total. The minimum atomic E-state index is -1.53. The molecule has 208 valence electrons. The fraction of sp³-hybridized carbons (Fsp3) is 0.700. The molecular formula is C30H42N2O6. The molecule has 8 heteroatoms. The number of benzene rings is 1. The van der Waals surface area contributed by atoms with Gasteiger partial charge in [0.1, 0.15) is 11.6 Å². The Hall–Kier alpha value is -2.77. The summed E-state index contributed by atoms with van der Waals surface area (Å²) in [6, 6.07) is 4.59. The van der Waals surface area contributed by atoms with Crippen molar-refractivity contribution < 1.29 is 29.0 Å². The monoisotopic (exact) mass is 526 g/mol. The second-order valence-corrected chi connectivity index (χ2v) is 12.7. The maximum atomic E-state index is 13.4. The first-order valence-corrected chi connectivity index (χ1v) is 14.2. The van der Waals surface area contributed by atoms with Gasteiger partial charge >= 0.3 is 5.97 Å². The van der Waals surface area contributed by atoms with Crippen LogP contribution in [0.25, 0.3) is 0 Å². The van der Waals surface area contributed by atoms with Gasteiger partial charge in [-0.2, -0.15) is 0 Å². The number of aliphatic carboxylic acids is 1. The van der Waals surface area contributed by atoms with Gasteiger partial charge in [0.2, 0.25) is 11.8 Å². The van der Waals surface area contributed by atoms with Crippen LogP contribution in [0.5, 0.6) is 11.5 Å². The van der Waals surface area contributed by atoms with Crippen molar-refractivity contribution >= 4 is 17.8 Å². The average Bonchev–Trinajstić information content (AvgIpc) is 3.37. The van der Waals surface area contributed by atoms with Gasteiger partial charge in [-0.3, -0.25) is 9.59 Å².